The number of carbonyl (C=O) groups excluding carboxylic acids is 1. The highest BCUT2D eigenvalue weighted by molar-refractivity contribution is 7.88. The Hall–Kier alpha value is -1.61. The van der Waals surface area contributed by atoms with Gasteiger partial charge in [-0.2, -0.15) is 5.10 Å². The molecule has 23 heavy (non-hydrogen) atoms. The number of amides is 2. The lowest BCUT2D eigenvalue weighted by Crippen LogP contribution is -2.47. The van der Waals surface area contributed by atoms with Crippen LogP contribution in [0.1, 0.15) is 32.6 Å². The van der Waals surface area contributed by atoms with E-state index in [1.807, 2.05) is 6.92 Å². The Morgan fingerprint density at radius 1 is 1.43 bits per heavy atom. The van der Waals surface area contributed by atoms with Gasteiger partial charge in [0.15, 0.2) is 0 Å². The van der Waals surface area contributed by atoms with Gasteiger partial charge < -0.3 is 10.2 Å². The second kappa shape index (κ2) is 7.78. The van der Waals surface area contributed by atoms with Crippen molar-refractivity contribution < 1.29 is 13.2 Å². The highest BCUT2D eigenvalue weighted by Gasteiger charge is 2.26. The van der Waals surface area contributed by atoms with E-state index in [-0.39, 0.29) is 12.1 Å². The smallest absolute Gasteiger partial charge is 0.322 e. The van der Waals surface area contributed by atoms with Crippen LogP contribution in [0.4, 0.5) is 10.5 Å². The molecule has 2 rings (SSSR count). The Bertz CT molecular complexity index is 628. The van der Waals surface area contributed by atoms with E-state index in [4.69, 9.17) is 0 Å². The second-order valence-corrected chi connectivity index (χ2v) is 7.65. The average Bonchev–Trinajstić information content (AvgIpc) is 2.94. The van der Waals surface area contributed by atoms with Crippen molar-refractivity contribution in [3.8, 4) is 0 Å². The maximum atomic E-state index is 12.5. The molecule has 1 aliphatic heterocycles. The Morgan fingerprint density at radius 2 is 2.22 bits per heavy atom. The molecule has 2 heterocycles. The largest absolute Gasteiger partial charge is 0.322 e. The van der Waals surface area contributed by atoms with Crippen LogP contribution in [-0.4, -0.2) is 54.5 Å². The van der Waals surface area contributed by atoms with E-state index in [1.165, 1.54) is 0 Å². The molecule has 1 atom stereocenters. The fraction of sp³-hybridized carbons (Fsp3) is 0.714. The highest BCUT2D eigenvalue weighted by Crippen LogP contribution is 2.20. The number of hydrogen-bond donors (Lipinski definition) is 2. The highest BCUT2D eigenvalue weighted by atomic mass is 32.2. The molecular formula is C14H25N5O3S. The molecule has 1 aromatic heterocycles. The van der Waals surface area contributed by atoms with Gasteiger partial charge in [-0.25, -0.2) is 17.9 Å². The van der Waals surface area contributed by atoms with Crippen LogP contribution >= 0.6 is 0 Å². The summed E-state index contributed by atoms with van der Waals surface area (Å²) >= 11 is 0. The van der Waals surface area contributed by atoms with E-state index in [1.54, 1.807) is 22.0 Å². The summed E-state index contributed by atoms with van der Waals surface area (Å²) in [5, 5.41) is 7.00. The van der Waals surface area contributed by atoms with Crippen molar-refractivity contribution >= 4 is 21.7 Å². The SMILES string of the molecule is CCn1cc(NC(=O)N2CCCC[C@@H]2CCNS(C)(=O)=O)cn1. The first-order valence-corrected chi connectivity index (χ1v) is 9.83. The number of rotatable bonds is 6. The quantitative estimate of drug-likeness (QED) is 0.812. The third-order valence-corrected chi connectivity index (χ3v) is 4.67. The van der Waals surface area contributed by atoms with Gasteiger partial charge in [0.1, 0.15) is 0 Å². The number of anilines is 1. The summed E-state index contributed by atoms with van der Waals surface area (Å²) in [5.41, 5.74) is 0.676. The number of aromatic nitrogens is 2. The third kappa shape index (κ3) is 5.51. The molecule has 1 saturated heterocycles. The first kappa shape index (κ1) is 17.7. The maximum absolute atomic E-state index is 12.5. The summed E-state index contributed by atoms with van der Waals surface area (Å²) < 4.78 is 26.5. The van der Waals surface area contributed by atoms with Gasteiger partial charge >= 0.3 is 6.03 Å². The Balaban J connectivity index is 1.92. The van der Waals surface area contributed by atoms with Crippen molar-refractivity contribution in [1.82, 2.24) is 19.4 Å². The molecule has 0 spiro atoms. The molecule has 0 bridgehead atoms. The van der Waals surface area contributed by atoms with E-state index < -0.39 is 10.0 Å². The number of nitrogens with zero attached hydrogens (tertiary/aromatic N) is 3. The molecule has 8 nitrogen and oxygen atoms in total. The zero-order valence-electron chi connectivity index (χ0n) is 13.7. The van der Waals surface area contributed by atoms with E-state index >= 15 is 0 Å². The van der Waals surface area contributed by atoms with Gasteiger partial charge in [0.05, 0.1) is 18.1 Å². The number of likely N-dealkylation sites (tertiary alicyclic amines) is 1. The first-order valence-electron chi connectivity index (χ1n) is 7.93. The lowest BCUT2D eigenvalue weighted by atomic mass is 10.00. The number of aryl methyl sites for hydroxylation is 1. The molecular weight excluding hydrogens is 318 g/mol. The van der Waals surface area contributed by atoms with E-state index in [9.17, 15) is 13.2 Å². The number of urea groups is 1. The van der Waals surface area contributed by atoms with E-state index in [0.29, 0.717) is 25.2 Å². The standard InChI is InChI=1S/C14H25N5O3S/c1-3-18-11-12(10-15-18)17-14(20)19-9-5-4-6-13(19)7-8-16-23(2,21)22/h10-11,13,16H,3-9H2,1-2H3,(H,17,20)/t13-/m1/s1. The zero-order chi connectivity index (χ0) is 16.9. The molecule has 0 saturated carbocycles. The number of piperidine rings is 1. The van der Waals surface area contributed by atoms with Gasteiger partial charge in [-0.3, -0.25) is 4.68 Å². The lowest BCUT2D eigenvalue weighted by Gasteiger charge is -2.35. The van der Waals surface area contributed by atoms with Crippen molar-refractivity contribution in [1.29, 1.82) is 0 Å². The minimum atomic E-state index is -3.19. The van der Waals surface area contributed by atoms with Crippen molar-refractivity contribution in [3.05, 3.63) is 12.4 Å². The maximum Gasteiger partial charge on any atom is 0.322 e. The molecule has 0 aliphatic carbocycles. The predicted molar refractivity (Wildman–Crippen MR) is 88.7 cm³/mol. The van der Waals surface area contributed by atoms with E-state index in [2.05, 4.69) is 15.1 Å². The Labute approximate surface area is 137 Å². The van der Waals surface area contributed by atoms with Crippen molar-refractivity contribution in [2.24, 2.45) is 0 Å². The van der Waals surface area contributed by atoms with Crippen LogP contribution in [0, 0.1) is 0 Å². The molecule has 1 fully saturated rings. The minimum absolute atomic E-state index is 0.0548. The number of nitrogens with one attached hydrogen (secondary N) is 2. The van der Waals surface area contributed by atoms with Crippen LogP contribution in [-0.2, 0) is 16.6 Å². The number of carbonyl (C=O) groups is 1. The molecule has 1 aromatic rings. The lowest BCUT2D eigenvalue weighted by molar-refractivity contribution is 0.158. The van der Waals surface area contributed by atoms with Crippen LogP contribution < -0.4 is 10.0 Å². The minimum Gasteiger partial charge on any atom is -0.322 e. The molecule has 0 aromatic carbocycles. The van der Waals surface area contributed by atoms with Crippen LogP contribution in [0.5, 0.6) is 0 Å². The normalized spacial score (nSPS) is 18.9. The molecule has 0 unspecified atom stereocenters. The predicted octanol–water partition coefficient (Wildman–Crippen LogP) is 1.23. The summed E-state index contributed by atoms with van der Waals surface area (Å²) in [6, 6.07) is -0.0936. The van der Waals surface area contributed by atoms with Crippen LogP contribution in [0.2, 0.25) is 0 Å². The topological polar surface area (TPSA) is 96.3 Å². The van der Waals surface area contributed by atoms with Crippen LogP contribution in [0.15, 0.2) is 12.4 Å². The van der Waals surface area contributed by atoms with Gasteiger partial charge in [0, 0.05) is 31.9 Å². The Kier molecular flexibility index (Phi) is 6.00. The fourth-order valence-corrected chi connectivity index (χ4v) is 3.26. The summed E-state index contributed by atoms with van der Waals surface area (Å²) in [4.78, 5) is 14.3. The van der Waals surface area contributed by atoms with Gasteiger partial charge in [-0.05, 0) is 32.6 Å². The molecule has 0 radical (unpaired) electrons. The summed E-state index contributed by atoms with van der Waals surface area (Å²) in [6.07, 6.45) is 8.11. The molecule has 9 heteroatoms. The monoisotopic (exact) mass is 343 g/mol. The van der Waals surface area contributed by atoms with Gasteiger partial charge in [-0.15, -0.1) is 0 Å². The Morgan fingerprint density at radius 3 is 2.87 bits per heavy atom. The summed E-state index contributed by atoms with van der Waals surface area (Å²) in [7, 11) is -3.19. The van der Waals surface area contributed by atoms with Crippen molar-refractivity contribution in [3.63, 3.8) is 0 Å². The van der Waals surface area contributed by atoms with Gasteiger partial charge in [0.25, 0.3) is 0 Å². The van der Waals surface area contributed by atoms with Crippen molar-refractivity contribution in [2.75, 3.05) is 24.7 Å². The molecule has 130 valence electrons. The zero-order valence-corrected chi connectivity index (χ0v) is 14.5. The van der Waals surface area contributed by atoms with Gasteiger partial charge in [-0.1, -0.05) is 0 Å². The fourth-order valence-electron chi connectivity index (χ4n) is 2.78. The number of hydrogen-bond acceptors (Lipinski definition) is 4. The summed E-state index contributed by atoms with van der Waals surface area (Å²) in [5.74, 6) is 0. The van der Waals surface area contributed by atoms with Crippen molar-refractivity contribution in [2.45, 2.75) is 45.2 Å². The molecule has 1 aliphatic rings. The second-order valence-electron chi connectivity index (χ2n) is 5.81. The van der Waals surface area contributed by atoms with Crippen LogP contribution in [0.25, 0.3) is 0 Å². The van der Waals surface area contributed by atoms with Crippen LogP contribution in [0.3, 0.4) is 0 Å². The molecule has 2 amide bonds. The number of sulfonamides is 1. The van der Waals surface area contributed by atoms with E-state index in [0.717, 1.165) is 32.1 Å². The average molecular weight is 343 g/mol. The first-order chi connectivity index (χ1) is 10.9. The van der Waals surface area contributed by atoms with Gasteiger partial charge in [0.2, 0.25) is 10.0 Å². The summed E-state index contributed by atoms with van der Waals surface area (Å²) in [6.45, 7) is 3.77. The molecule has 2 N–H and O–H groups in total. The third-order valence-electron chi connectivity index (χ3n) is 3.94.